The first-order valence-electron chi connectivity index (χ1n) is 8.17. The van der Waals surface area contributed by atoms with E-state index in [1.807, 2.05) is 0 Å². The molecule has 0 aromatic rings. The number of carbonyl (C=O) groups is 1. The predicted octanol–water partition coefficient (Wildman–Crippen LogP) is 3.22. The van der Waals surface area contributed by atoms with Crippen LogP contribution < -0.4 is 5.32 Å². The third-order valence-electron chi connectivity index (χ3n) is 4.96. The summed E-state index contributed by atoms with van der Waals surface area (Å²) in [6.07, 6.45) is 6.93. The number of nitrogens with zero attached hydrogens (tertiary/aromatic N) is 1. The van der Waals surface area contributed by atoms with Gasteiger partial charge in [0, 0.05) is 24.5 Å². The van der Waals surface area contributed by atoms with Gasteiger partial charge in [-0.3, -0.25) is 4.79 Å². The fraction of sp³-hybridized carbons (Fsp3) is 0.938. The van der Waals surface area contributed by atoms with Crippen LogP contribution in [-0.2, 0) is 4.79 Å². The number of amides is 1. The summed E-state index contributed by atoms with van der Waals surface area (Å²) < 4.78 is 0. The van der Waals surface area contributed by atoms with Crippen LogP contribution in [0.25, 0.3) is 0 Å². The number of carbonyl (C=O) groups excluding carboxylic acids is 1. The van der Waals surface area contributed by atoms with Gasteiger partial charge in [-0.05, 0) is 51.5 Å². The van der Waals surface area contributed by atoms with Crippen molar-refractivity contribution in [3.8, 4) is 0 Å². The zero-order valence-electron chi connectivity index (χ0n) is 13.2. The molecule has 2 saturated heterocycles. The van der Waals surface area contributed by atoms with E-state index in [0.29, 0.717) is 23.9 Å². The molecule has 0 aromatic heterocycles. The lowest BCUT2D eigenvalue weighted by molar-refractivity contribution is -0.138. The lowest BCUT2D eigenvalue weighted by Crippen LogP contribution is -2.47. The molecule has 4 heteroatoms. The third-order valence-corrected chi connectivity index (χ3v) is 4.96. The van der Waals surface area contributed by atoms with Crippen molar-refractivity contribution in [3.05, 3.63) is 0 Å². The minimum absolute atomic E-state index is 0. The predicted molar refractivity (Wildman–Crippen MR) is 86.2 cm³/mol. The molecule has 2 aliphatic rings. The largest absolute Gasteiger partial charge is 0.339 e. The van der Waals surface area contributed by atoms with Crippen molar-refractivity contribution < 1.29 is 4.79 Å². The normalized spacial score (nSPS) is 31.8. The van der Waals surface area contributed by atoms with Crippen LogP contribution in [-0.4, -0.2) is 36.0 Å². The van der Waals surface area contributed by atoms with Gasteiger partial charge in [0.2, 0.25) is 5.91 Å². The van der Waals surface area contributed by atoms with E-state index < -0.39 is 0 Å². The molecule has 1 N–H and O–H groups in total. The molecular weight excluding hydrogens is 272 g/mol. The van der Waals surface area contributed by atoms with Gasteiger partial charge in [0.1, 0.15) is 0 Å². The van der Waals surface area contributed by atoms with Crippen LogP contribution in [0.5, 0.6) is 0 Å². The van der Waals surface area contributed by atoms with Gasteiger partial charge in [-0.25, -0.2) is 0 Å². The zero-order chi connectivity index (χ0) is 13.8. The second-order valence-electron chi connectivity index (χ2n) is 6.58. The van der Waals surface area contributed by atoms with E-state index in [4.69, 9.17) is 0 Å². The zero-order valence-corrected chi connectivity index (χ0v) is 14.0. The third kappa shape index (κ3) is 4.11. The Bertz CT molecular complexity index is 311. The number of hydrogen-bond acceptors (Lipinski definition) is 2. The number of nitrogens with one attached hydrogen (secondary N) is 1. The van der Waals surface area contributed by atoms with Crippen molar-refractivity contribution in [3.63, 3.8) is 0 Å². The van der Waals surface area contributed by atoms with E-state index in [0.717, 1.165) is 25.9 Å². The molecule has 0 radical (unpaired) electrons. The first-order valence-corrected chi connectivity index (χ1v) is 8.17. The summed E-state index contributed by atoms with van der Waals surface area (Å²) in [5.41, 5.74) is 0. The minimum Gasteiger partial charge on any atom is -0.339 e. The summed E-state index contributed by atoms with van der Waals surface area (Å²) in [6.45, 7) is 8.76. The number of likely N-dealkylation sites (tertiary alicyclic amines) is 1. The van der Waals surface area contributed by atoms with Gasteiger partial charge in [0.15, 0.2) is 0 Å². The highest BCUT2D eigenvalue weighted by Crippen LogP contribution is 2.30. The van der Waals surface area contributed by atoms with Crippen LogP contribution in [0.4, 0.5) is 0 Å². The molecule has 0 aliphatic carbocycles. The molecule has 4 atom stereocenters. The maximum atomic E-state index is 12.8. The van der Waals surface area contributed by atoms with Gasteiger partial charge in [0.25, 0.3) is 0 Å². The van der Waals surface area contributed by atoms with E-state index in [2.05, 4.69) is 31.0 Å². The van der Waals surface area contributed by atoms with E-state index in [1.165, 1.54) is 25.7 Å². The standard InChI is InChI=1S/C16H30N2O.ClH/c1-4-6-12(2)15-7-5-10-18(15)16(19)14-8-9-17-13(3)11-14;/h12-15,17H,4-11H2,1-3H3;1H/t12?,13-,14-,15?;/m0./s1. The average molecular weight is 303 g/mol. The van der Waals surface area contributed by atoms with E-state index in [9.17, 15) is 4.79 Å². The van der Waals surface area contributed by atoms with Crippen LogP contribution in [0.15, 0.2) is 0 Å². The molecule has 20 heavy (non-hydrogen) atoms. The van der Waals surface area contributed by atoms with E-state index >= 15 is 0 Å². The summed E-state index contributed by atoms with van der Waals surface area (Å²) in [7, 11) is 0. The Morgan fingerprint density at radius 1 is 1.40 bits per heavy atom. The average Bonchev–Trinajstić information content (AvgIpc) is 2.87. The molecule has 1 amide bonds. The van der Waals surface area contributed by atoms with Crippen molar-refractivity contribution in [2.75, 3.05) is 13.1 Å². The Morgan fingerprint density at radius 2 is 2.15 bits per heavy atom. The highest BCUT2D eigenvalue weighted by atomic mass is 35.5. The molecule has 0 saturated carbocycles. The Kier molecular flexibility index (Phi) is 7.32. The minimum atomic E-state index is 0. The molecule has 118 valence electrons. The number of halogens is 1. The van der Waals surface area contributed by atoms with Gasteiger partial charge in [-0.2, -0.15) is 0 Å². The maximum absolute atomic E-state index is 12.8. The van der Waals surface area contributed by atoms with Gasteiger partial charge < -0.3 is 10.2 Å². The number of rotatable bonds is 4. The second kappa shape index (κ2) is 8.23. The molecular formula is C16H31ClN2O. The molecule has 2 fully saturated rings. The van der Waals surface area contributed by atoms with Crippen LogP contribution in [0.3, 0.4) is 0 Å². The van der Waals surface area contributed by atoms with Crippen molar-refractivity contribution in [1.82, 2.24) is 10.2 Å². The van der Waals surface area contributed by atoms with Crippen molar-refractivity contribution in [2.45, 2.75) is 71.4 Å². The smallest absolute Gasteiger partial charge is 0.226 e. The van der Waals surface area contributed by atoms with Crippen LogP contribution in [0, 0.1) is 11.8 Å². The Balaban J connectivity index is 0.00000200. The SMILES string of the molecule is CCCC(C)C1CCCN1C(=O)[C@H]1CCN[C@@H](C)C1.Cl. The first kappa shape index (κ1) is 17.8. The van der Waals surface area contributed by atoms with Crippen LogP contribution in [0.1, 0.15) is 59.3 Å². The Labute approximate surface area is 130 Å². The molecule has 2 heterocycles. The quantitative estimate of drug-likeness (QED) is 0.865. The summed E-state index contributed by atoms with van der Waals surface area (Å²) >= 11 is 0. The van der Waals surface area contributed by atoms with Gasteiger partial charge in [-0.15, -0.1) is 12.4 Å². The molecule has 2 rings (SSSR count). The topological polar surface area (TPSA) is 32.3 Å². The molecule has 0 spiro atoms. The fourth-order valence-electron chi connectivity index (χ4n) is 3.90. The summed E-state index contributed by atoms with van der Waals surface area (Å²) in [5, 5.41) is 3.44. The van der Waals surface area contributed by atoms with Gasteiger partial charge in [0.05, 0.1) is 0 Å². The summed E-state index contributed by atoms with van der Waals surface area (Å²) in [6, 6.07) is 1.01. The highest BCUT2D eigenvalue weighted by Gasteiger charge is 2.36. The monoisotopic (exact) mass is 302 g/mol. The molecule has 0 aromatic carbocycles. The number of hydrogen-bond donors (Lipinski definition) is 1. The molecule has 2 unspecified atom stereocenters. The Morgan fingerprint density at radius 3 is 2.80 bits per heavy atom. The highest BCUT2D eigenvalue weighted by molar-refractivity contribution is 5.85. The lowest BCUT2D eigenvalue weighted by Gasteiger charge is -2.35. The summed E-state index contributed by atoms with van der Waals surface area (Å²) in [5.74, 6) is 1.38. The first-order chi connectivity index (χ1) is 9.13. The molecule has 0 bridgehead atoms. The van der Waals surface area contributed by atoms with Crippen LogP contribution >= 0.6 is 12.4 Å². The van der Waals surface area contributed by atoms with Crippen molar-refractivity contribution >= 4 is 18.3 Å². The summed E-state index contributed by atoms with van der Waals surface area (Å²) in [4.78, 5) is 15.0. The van der Waals surface area contributed by atoms with E-state index in [-0.39, 0.29) is 18.3 Å². The van der Waals surface area contributed by atoms with E-state index in [1.54, 1.807) is 0 Å². The maximum Gasteiger partial charge on any atom is 0.226 e. The molecule has 2 aliphatic heterocycles. The van der Waals surface area contributed by atoms with Gasteiger partial charge in [-0.1, -0.05) is 20.3 Å². The Hall–Kier alpha value is -0.280. The van der Waals surface area contributed by atoms with Crippen molar-refractivity contribution in [1.29, 1.82) is 0 Å². The lowest BCUT2D eigenvalue weighted by atomic mass is 9.90. The fourth-order valence-corrected chi connectivity index (χ4v) is 3.90. The molecule has 3 nitrogen and oxygen atoms in total. The number of piperidine rings is 1. The van der Waals surface area contributed by atoms with Gasteiger partial charge >= 0.3 is 0 Å². The van der Waals surface area contributed by atoms with Crippen LogP contribution in [0.2, 0.25) is 0 Å². The van der Waals surface area contributed by atoms with Crippen molar-refractivity contribution in [2.24, 2.45) is 11.8 Å². The second-order valence-corrected chi connectivity index (χ2v) is 6.58.